The number of rotatable bonds is 5. The first-order valence-corrected chi connectivity index (χ1v) is 8.40. The summed E-state index contributed by atoms with van der Waals surface area (Å²) >= 11 is 0. The quantitative estimate of drug-likeness (QED) is 0.524. The molecule has 0 spiro atoms. The van der Waals surface area contributed by atoms with Crippen LogP contribution in [0.5, 0.6) is 5.75 Å². The predicted molar refractivity (Wildman–Crippen MR) is 93.4 cm³/mol. The van der Waals surface area contributed by atoms with Crippen LogP contribution >= 0.6 is 0 Å². The fourth-order valence-corrected chi connectivity index (χ4v) is 3.52. The van der Waals surface area contributed by atoms with Crippen LogP contribution in [0, 0.1) is 6.92 Å². The van der Waals surface area contributed by atoms with Gasteiger partial charge in [-0.2, -0.15) is 0 Å². The number of piperidine rings is 1. The van der Waals surface area contributed by atoms with E-state index >= 15 is 0 Å². The Morgan fingerprint density at radius 2 is 1.65 bits per heavy atom. The second-order valence-corrected chi connectivity index (χ2v) is 6.38. The van der Waals surface area contributed by atoms with Crippen LogP contribution in [-0.2, 0) is 0 Å². The van der Waals surface area contributed by atoms with Crippen LogP contribution in [0.3, 0.4) is 0 Å². The number of quaternary nitrogens is 1. The third-order valence-electron chi connectivity index (χ3n) is 4.75. The SMILES string of the molecule is Cc1cccc(OCC[N+]2(c3ccccc3)CCCCC2)c1.[I-]. The molecule has 23 heavy (non-hydrogen) atoms. The van der Waals surface area contributed by atoms with Crippen molar-refractivity contribution < 1.29 is 28.7 Å². The molecule has 1 saturated heterocycles. The average molecular weight is 423 g/mol. The van der Waals surface area contributed by atoms with Crippen LogP contribution in [-0.4, -0.2) is 26.2 Å². The van der Waals surface area contributed by atoms with Crippen molar-refractivity contribution in [3.63, 3.8) is 0 Å². The maximum atomic E-state index is 6.02. The van der Waals surface area contributed by atoms with E-state index in [2.05, 4.69) is 61.5 Å². The van der Waals surface area contributed by atoms with Gasteiger partial charge in [0.1, 0.15) is 24.6 Å². The Morgan fingerprint density at radius 1 is 0.913 bits per heavy atom. The highest BCUT2D eigenvalue weighted by Crippen LogP contribution is 2.28. The second kappa shape index (κ2) is 8.69. The Hall–Kier alpha value is -1.07. The van der Waals surface area contributed by atoms with Gasteiger partial charge in [-0.15, -0.1) is 0 Å². The monoisotopic (exact) mass is 423 g/mol. The summed E-state index contributed by atoms with van der Waals surface area (Å²) in [5.74, 6) is 0.989. The van der Waals surface area contributed by atoms with Crippen molar-refractivity contribution in [1.29, 1.82) is 0 Å². The van der Waals surface area contributed by atoms with Crippen LogP contribution in [0.4, 0.5) is 5.69 Å². The topological polar surface area (TPSA) is 9.23 Å². The van der Waals surface area contributed by atoms with E-state index in [-0.39, 0.29) is 24.0 Å². The normalized spacial score (nSPS) is 16.4. The van der Waals surface area contributed by atoms with Gasteiger partial charge in [-0.05, 0) is 56.0 Å². The molecule has 1 heterocycles. The van der Waals surface area contributed by atoms with E-state index in [1.807, 2.05) is 0 Å². The average Bonchev–Trinajstić information content (AvgIpc) is 2.57. The van der Waals surface area contributed by atoms with Crippen molar-refractivity contribution in [1.82, 2.24) is 4.48 Å². The molecule has 0 unspecified atom stereocenters. The van der Waals surface area contributed by atoms with E-state index in [0.29, 0.717) is 0 Å². The number of hydrogen-bond acceptors (Lipinski definition) is 1. The standard InChI is InChI=1S/C20H26NO.HI/c1-18-9-8-12-20(17-18)22-16-15-21(13-6-3-7-14-21)19-10-4-2-5-11-19;/h2,4-5,8-12,17H,3,6-7,13-16H2,1H3;1H/q+1;/p-1. The summed E-state index contributed by atoms with van der Waals surface area (Å²) in [6.45, 7) is 6.41. The first-order chi connectivity index (χ1) is 10.8. The molecule has 0 atom stereocenters. The highest BCUT2D eigenvalue weighted by molar-refractivity contribution is 5.42. The van der Waals surface area contributed by atoms with E-state index in [9.17, 15) is 0 Å². The molecule has 2 aromatic carbocycles. The number of benzene rings is 2. The number of aryl methyl sites for hydroxylation is 1. The lowest BCUT2D eigenvalue weighted by Gasteiger charge is -2.41. The van der Waals surface area contributed by atoms with Crippen LogP contribution in [0.2, 0.25) is 0 Å². The van der Waals surface area contributed by atoms with Crippen LogP contribution in [0.15, 0.2) is 54.6 Å². The van der Waals surface area contributed by atoms with Gasteiger partial charge in [-0.1, -0.05) is 30.3 Å². The molecular formula is C20H26INO. The van der Waals surface area contributed by atoms with Gasteiger partial charge >= 0.3 is 0 Å². The van der Waals surface area contributed by atoms with Crippen LogP contribution in [0.25, 0.3) is 0 Å². The molecule has 1 aliphatic rings. The van der Waals surface area contributed by atoms with Gasteiger partial charge in [0, 0.05) is 0 Å². The molecule has 0 saturated carbocycles. The molecule has 0 aromatic heterocycles. The molecule has 0 bridgehead atoms. The maximum absolute atomic E-state index is 6.02. The van der Waals surface area contributed by atoms with Crippen molar-refractivity contribution in [2.24, 2.45) is 0 Å². The summed E-state index contributed by atoms with van der Waals surface area (Å²) in [4.78, 5) is 0. The summed E-state index contributed by atoms with van der Waals surface area (Å²) in [5, 5.41) is 0. The number of hydrogen-bond donors (Lipinski definition) is 0. The number of para-hydroxylation sites is 1. The van der Waals surface area contributed by atoms with Crippen molar-refractivity contribution >= 4 is 5.69 Å². The Labute approximate surface area is 157 Å². The van der Waals surface area contributed by atoms with Crippen LogP contribution < -0.4 is 33.2 Å². The van der Waals surface area contributed by atoms with Crippen molar-refractivity contribution in [2.45, 2.75) is 26.2 Å². The van der Waals surface area contributed by atoms with E-state index in [0.717, 1.165) is 23.4 Å². The van der Waals surface area contributed by atoms with E-state index in [4.69, 9.17) is 4.74 Å². The minimum Gasteiger partial charge on any atom is -1.00 e. The third kappa shape index (κ3) is 4.70. The number of nitrogens with zero attached hydrogens (tertiary/aromatic N) is 1. The van der Waals surface area contributed by atoms with E-state index in [1.165, 1.54) is 43.6 Å². The highest BCUT2D eigenvalue weighted by atomic mass is 127. The molecule has 3 rings (SSSR count). The minimum absolute atomic E-state index is 0. The predicted octanol–water partition coefficient (Wildman–Crippen LogP) is 1.57. The summed E-state index contributed by atoms with van der Waals surface area (Å²) < 4.78 is 7.10. The number of ether oxygens (including phenoxy) is 1. The summed E-state index contributed by atoms with van der Waals surface area (Å²) in [7, 11) is 0. The molecule has 124 valence electrons. The third-order valence-corrected chi connectivity index (χ3v) is 4.75. The van der Waals surface area contributed by atoms with Gasteiger partial charge in [0.15, 0.2) is 0 Å². The minimum atomic E-state index is 0. The largest absolute Gasteiger partial charge is 1.00 e. The molecule has 2 aromatic rings. The first-order valence-electron chi connectivity index (χ1n) is 8.40. The van der Waals surface area contributed by atoms with Crippen molar-refractivity contribution in [3.05, 3.63) is 60.2 Å². The lowest BCUT2D eigenvalue weighted by atomic mass is 10.1. The molecule has 0 N–H and O–H groups in total. The summed E-state index contributed by atoms with van der Waals surface area (Å²) in [5.41, 5.74) is 2.69. The molecule has 0 amide bonds. The zero-order valence-corrected chi connectivity index (χ0v) is 16.0. The molecule has 2 nitrogen and oxygen atoms in total. The van der Waals surface area contributed by atoms with Crippen LogP contribution in [0.1, 0.15) is 24.8 Å². The van der Waals surface area contributed by atoms with Crippen molar-refractivity contribution in [2.75, 3.05) is 26.2 Å². The molecule has 1 fully saturated rings. The zero-order valence-electron chi connectivity index (χ0n) is 13.9. The fourth-order valence-electron chi connectivity index (χ4n) is 3.52. The maximum Gasteiger partial charge on any atom is 0.137 e. The molecule has 1 aliphatic heterocycles. The number of halogens is 1. The smallest absolute Gasteiger partial charge is 0.137 e. The first kappa shape index (κ1) is 18.3. The van der Waals surface area contributed by atoms with Crippen molar-refractivity contribution in [3.8, 4) is 5.75 Å². The summed E-state index contributed by atoms with van der Waals surface area (Å²) in [6, 6.07) is 19.3. The van der Waals surface area contributed by atoms with Gasteiger partial charge in [0.2, 0.25) is 0 Å². The van der Waals surface area contributed by atoms with Gasteiger partial charge in [-0.3, -0.25) is 4.48 Å². The highest BCUT2D eigenvalue weighted by Gasteiger charge is 2.32. The van der Waals surface area contributed by atoms with E-state index < -0.39 is 0 Å². The van der Waals surface area contributed by atoms with Gasteiger partial charge in [0.05, 0.1) is 13.1 Å². The second-order valence-electron chi connectivity index (χ2n) is 6.38. The Balaban J connectivity index is 0.00000192. The van der Waals surface area contributed by atoms with Gasteiger partial charge in [-0.25, -0.2) is 0 Å². The zero-order chi connectivity index (χ0) is 15.3. The fraction of sp³-hybridized carbons (Fsp3) is 0.400. The lowest BCUT2D eigenvalue weighted by molar-refractivity contribution is -0.00000517. The number of likely N-dealkylation sites (tertiary alicyclic amines) is 1. The Kier molecular flexibility index (Phi) is 6.90. The van der Waals surface area contributed by atoms with Gasteiger partial charge < -0.3 is 28.7 Å². The summed E-state index contributed by atoms with van der Waals surface area (Å²) in [6.07, 6.45) is 4.00. The molecule has 3 heteroatoms. The molecule has 0 aliphatic carbocycles. The van der Waals surface area contributed by atoms with Gasteiger partial charge in [0.25, 0.3) is 0 Å². The molecular weight excluding hydrogens is 397 g/mol. The Morgan fingerprint density at radius 3 is 2.35 bits per heavy atom. The van der Waals surface area contributed by atoms with E-state index in [1.54, 1.807) is 0 Å². The molecule has 0 radical (unpaired) electrons. The Bertz CT molecular complexity index is 594. The lowest BCUT2D eigenvalue weighted by Crippen LogP contribution is -3.00.